The van der Waals surface area contributed by atoms with Crippen LogP contribution in [-0.2, 0) is 29.4 Å². The Balaban J connectivity index is 1.58. The summed E-state index contributed by atoms with van der Waals surface area (Å²) in [4.78, 5) is 4.20. The lowest BCUT2D eigenvalue weighted by Gasteiger charge is -2.45. The average molecular weight is 467 g/mol. The van der Waals surface area contributed by atoms with E-state index in [0.29, 0.717) is 12.0 Å². The van der Waals surface area contributed by atoms with Gasteiger partial charge in [0.05, 0.1) is 0 Å². The smallest absolute Gasteiger partial charge is 0.243 e. The van der Waals surface area contributed by atoms with Gasteiger partial charge in [0, 0.05) is 45.0 Å². The fraction of sp³-hybridized carbons (Fsp3) is 0.423. The molecule has 2 aliphatic rings. The Morgan fingerprint density at radius 2 is 1.91 bits per heavy atom. The van der Waals surface area contributed by atoms with Gasteiger partial charge in [-0.2, -0.15) is 0 Å². The topological polar surface area (TPSA) is 76.5 Å². The molecule has 2 atom stereocenters. The fourth-order valence-corrected chi connectivity index (χ4v) is 5.99. The third kappa shape index (κ3) is 5.54. The van der Waals surface area contributed by atoms with Gasteiger partial charge in [0.15, 0.2) is 0 Å². The first-order chi connectivity index (χ1) is 15.9. The van der Waals surface area contributed by atoms with Crippen molar-refractivity contribution in [3.05, 3.63) is 81.9 Å². The Bertz CT molecular complexity index is 1110. The molecule has 7 heteroatoms. The minimum absolute atomic E-state index is 0.0507. The molecule has 33 heavy (non-hydrogen) atoms. The molecule has 0 aromatic heterocycles. The number of sulfonamides is 1. The highest BCUT2D eigenvalue weighted by Crippen LogP contribution is 2.39. The van der Waals surface area contributed by atoms with Crippen LogP contribution in [0.4, 0.5) is 0 Å². The minimum atomic E-state index is -3.75. The number of allylic oxidation sites excluding steroid dienone is 1. The second-order valence-corrected chi connectivity index (χ2v) is 11.1. The van der Waals surface area contributed by atoms with Crippen molar-refractivity contribution in [2.45, 2.75) is 44.2 Å². The van der Waals surface area contributed by atoms with Crippen LogP contribution < -0.4 is 4.72 Å². The van der Waals surface area contributed by atoms with Crippen molar-refractivity contribution in [2.75, 3.05) is 27.2 Å². The van der Waals surface area contributed by atoms with Crippen molar-refractivity contribution in [1.82, 2.24) is 14.5 Å². The lowest BCUT2D eigenvalue weighted by atomic mass is 9.74. The summed E-state index contributed by atoms with van der Waals surface area (Å²) >= 11 is 0. The number of nitrogens with zero attached hydrogens (tertiary/aromatic N) is 2. The largest absolute Gasteiger partial charge is 0.382 e. The Labute approximate surface area is 197 Å². The van der Waals surface area contributed by atoms with Crippen molar-refractivity contribution < 1.29 is 8.42 Å². The highest BCUT2D eigenvalue weighted by atomic mass is 32.2. The van der Waals surface area contributed by atoms with E-state index >= 15 is 0 Å². The highest BCUT2D eigenvalue weighted by Gasteiger charge is 2.35. The van der Waals surface area contributed by atoms with Gasteiger partial charge in [0.1, 0.15) is 4.91 Å². The molecule has 0 bridgehead atoms. The first kappa shape index (κ1) is 23.7. The predicted octanol–water partition coefficient (Wildman–Crippen LogP) is 3.51. The summed E-state index contributed by atoms with van der Waals surface area (Å²) in [6, 6.07) is 17.6. The van der Waals surface area contributed by atoms with E-state index in [0.717, 1.165) is 24.6 Å². The summed E-state index contributed by atoms with van der Waals surface area (Å²) in [5.74, 6) is 0.402. The summed E-state index contributed by atoms with van der Waals surface area (Å²) in [5, 5.41) is 7.49. The van der Waals surface area contributed by atoms with Crippen molar-refractivity contribution in [2.24, 2.45) is 0 Å². The van der Waals surface area contributed by atoms with Crippen LogP contribution in [0.15, 0.2) is 59.6 Å². The standard InChI is InChI=1S/C26H34N4O2S/c1-29(2)19-23(17-27)33(31,32)28-18-21-9-10-22-11-12-26(30-13-6-14-30)25(24(22)16-21)15-20-7-4-3-5-8-20/h3-5,7-10,16-17,19,25-28H,6,11-15,18H2,1-2H3/b23-19+,27-17?. The van der Waals surface area contributed by atoms with E-state index in [1.54, 1.807) is 19.0 Å². The first-order valence-electron chi connectivity index (χ1n) is 11.7. The fourth-order valence-electron chi connectivity index (χ4n) is 4.96. The molecule has 1 aliphatic carbocycles. The zero-order valence-electron chi connectivity index (χ0n) is 19.5. The second-order valence-electron chi connectivity index (χ2n) is 9.29. The van der Waals surface area contributed by atoms with Gasteiger partial charge in [-0.05, 0) is 61.0 Å². The number of likely N-dealkylation sites (tertiary alicyclic amines) is 1. The predicted molar refractivity (Wildman–Crippen MR) is 134 cm³/mol. The Morgan fingerprint density at radius 1 is 1.15 bits per heavy atom. The third-order valence-corrected chi connectivity index (χ3v) is 8.11. The molecule has 1 fully saturated rings. The summed E-state index contributed by atoms with van der Waals surface area (Å²) in [6.45, 7) is 2.56. The Hall–Kier alpha value is -2.48. The molecule has 2 unspecified atom stereocenters. The number of fused-ring (bicyclic) bond motifs is 1. The van der Waals surface area contributed by atoms with Gasteiger partial charge in [-0.1, -0.05) is 48.5 Å². The number of nitrogens with one attached hydrogen (secondary N) is 2. The number of benzene rings is 2. The number of hydrogen-bond acceptors (Lipinski definition) is 5. The number of aryl methyl sites for hydroxylation is 1. The van der Waals surface area contributed by atoms with E-state index in [-0.39, 0.29) is 11.4 Å². The SMILES string of the molecule is CN(C)/C=C(\C=N)S(=O)(=O)NCc1ccc2c(c1)C(Cc1ccccc1)C(N1CCC1)CC2. The summed E-state index contributed by atoms with van der Waals surface area (Å²) in [7, 11) is -0.270. The zero-order valence-corrected chi connectivity index (χ0v) is 20.3. The van der Waals surface area contributed by atoms with Gasteiger partial charge in [-0.25, -0.2) is 13.1 Å². The molecule has 176 valence electrons. The quantitative estimate of drug-likeness (QED) is 0.555. The van der Waals surface area contributed by atoms with Crippen LogP contribution in [-0.4, -0.2) is 57.7 Å². The first-order valence-corrected chi connectivity index (χ1v) is 13.1. The normalized spacial score (nSPS) is 21.2. The summed E-state index contributed by atoms with van der Waals surface area (Å²) < 4.78 is 28.1. The van der Waals surface area contributed by atoms with Crippen molar-refractivity contribution >= 4 is 16.2 Å². The third-order valence-electron chi connectivity index (χ3n) is 6.75. The van der Waals surface area contributed by atoms with Crippen LogP contribution in [0.2, 0.25) is 0 Å². The van der Waals surface area contributed by atoms with Gasteiger partial charge < -0.3 is 10.3 Å². The summed E-state index contributed by atoms with van der Waals surface area (Å²) in [6.07, 6.45) is 6.83. The molecule has 0 saturated carbocycles. The van der Waals surface area contributed by atoms with Crippen LogP contribution in [0.1, 0.15) is 41.0 Å². The highest BCUT2D eigenvalue weighted by molar-refractivity contribution is 7.94. The monoisotopic (exact) mass is 466 g/mol. The molecule has 2 aromatic carbocycles. The van der Waals surface area contributed by atoms with Crippen LogP contribution in [0, 0.1) is 5.41 Å². The van der Waals surface area contributed by atoms with E-state index < -0.39 is 10.0 Å². The Kier molecular flexibility index (Phi) is 7.32. The van der Waals surface area contributed by atoms with Crippen molar-refractivity contribution in [3.63, 3.8) is 0 Å². The van der Waals surface area contributed by atoms with Crippen molar-refractivity contribution in [3.8, 4) is 0 Å². The van der Waals surface area contributed by atoms with Crippen LogP contribution in [0.25, 0.3) is 0 Å². The van der Waals surface area contributed by atoms with Gasteiger partial charge in [-0.3, -0.25) is 4.90 Å². The molecular weight excluding hydrogens is 432 g/mol. The lowest BCUT2D eigenvalue weighted by molar-refractivity contribution is 0.0877. The molecule has 1 heterocycles. The molecule has 0 radical (unpaired) electrons. The molecule has 6 nitrogen and oxygen atoms in total. The molecule has 2 aromatic rings. The van der Waals surface area contributed by atoms with E-state index in [1.165, 1.54) is 48.8 Å². The van der Waals surface area contributed by atoms with E-state index in [2.05, 4.69) is 52.1 Å². The van der Waals surface area contributed by atoms with Crippen LogP contribution >= 0.6 is 0 Å². The molecule has 2 N–H and O–H groups in total. The summed E-state index contributed by atoms with van der Waals surface area (Å²) in [5.41, 5.74) is 5.03. The molecule has 0 amide bonds. The van der Waals surface area contributed by atoms with Gasteiger partial charge in [0.2, 0.25) is 10.0 Å². The maximum absolute atomic E-state index is 12.7. The van der Waals surface area contributed by atoms with E-state index in [4.69, 9.17) is 5.41 Å². The van der Waals surface area contributed by atoms with E-state index in [9.17, 15) is 8.42 Å². The van der Waals surface area contributed by atoms with Crippen LogP contribution in [0.5, 0.6) is 0 Å². The molecule has 4 rings (SSSR count). The van der Waals surface area contributed by atoms with Crippen LogP contribution in [0.3, 0.4) is 0 Å². The molecular formula is C26H34N4O2S. The molecule has 1 aliphatic heterocycles. The maximum atomic E-state index is 12.7. The number of hydrogen-bond donors (Lipinski definition) is 2. The molecule has 1 saturated heterocycles. The average Bonchev–Trinajstić information content (AvgIpc) is 2.77. The number of rotatable bonds is 9. The second kappa shape index (κ2) is 10.2. The van der Waals surface area contributed by atoms with Gasteiger partial charge in [-0.15, -0.1) is 0 Å². The Morgan fingerprint density at radius 3 is 2.55 bits per heavy atom. The maximum Gasteiger partial charge on any atom is 0.243 e. The van der Waals surface area contributed by atoms with Gasteiger partial charge >= 0.3 is 0 Å². The van der Waals surface area contributed by atoms with Gasteiger partial charge in [0.25, 0.3) is 0 Å². The van der Waals surface area contributed by atoms with Crippen molar-refractivity contribution in [1.29, 1.82) is 5.41 Å². The van der Waals surface area contributed by atoms with E-state index in [1.807, 2.05) is 6.07 Å². The lowest BCUT2D eigenvalue weighted by Crippen LogP contribution is -2.49. The molecule has 0 spiro atoms. The minimum Gasteiger partial charge on any atom is -0.382 e. The zero-order chi connectivity index (χ0) is 23.4.